The van der Waals surface area contributed by atoms with Gasteiger partial charge in [-0.25, -0.2) is 9.98 Å². The van der Waals surface area contributed by atoms with Gasteiger partial charge in [0.15, 0.2) is 5.54 Å². The molecular formula is C23H21ClN4O. The fourth-order valence-electron chi connectivity index (χ4n) is 4.35. The number of aryl methyl sites for hydroxylation is 1. The maximum Gasteiger partial charge on any atom is 0.157 e. The molecule has 0 spiro atoms. The highest BCUT2D eigenvalue weighted by molar-refractivity contribution is 6.30. The molecule has 1 aliphatic carbocycles. The monoisotopic (exact) mass is 404 g/mol. The van der Waals surface area contributed by atoms with Gasteiger partial charge in [0.05, 0.1) is 7.11 Å². The summed E-state index contributed by atoms with van der Waals surface area (Å²) in [5.41, 5.74) is 11.0. The minimum Gasteiger partial charge on any atom is -0.496 e. The Hall–Kier alpha value is -2.92. The highest BCUT2D eigenvalue weighted by atomic mass is 35.5. The third-order valence-electron chi connectivity index (χ3n) is 5.76. The highest BCUT2D eigenvalue weighted by Crippen LogP contribution is 2.50. The lowest BCUT2D eigenvalue weighted by atomic mass is 9.79. The Morgan fingerprint density at radius 3 is 2.62 bits per heavy atom. The molecule has 1 saturated carbocycles. The zero-order chi connectivity index (χ0) is 20.2. The van der Waals surface area contributed by atoms with Crippen molar-refractivity contribution >= 4 is 17.4 Å². The summed E-state index contributed by atoms with van der Waals surface area (Å²) in [6.45, 7) is 2.07. The first-order chi connectivity index (χ1) is 14.0. The molecule has 1 aliphatic heterocycles. The van der Waals surface area contributed by atoms with Crippen LogP contribution in [0.15, 0.2) is 53.8 Å². The molecule has 0 amide bonds. The van der Waals surface area contributed by atoms with Gasteiger partial charge < -0.3 is 10.5 Å². The van der Waals surface area contributed by atoms with E-state index in [2.05, 4.69) is 29.0 Å². The van der Waals surface area contributed by atoms with Gasteiger partial charge in [-0.15, -0.1) is 0 Å². The van der Waals surface area contributed by atoms with Crippen LogP contribution >= 0.6 is 11.6 Å². The normalized spacial score (nSPS) is 20.3. The number of ether oxygens (including phenoxy) is 1. The van der Waals surface area contributed by atoms with Crippen LogP contribution in [0.1, 0.15) is 52.4 Å². The lowest BCUT2D eigenvalue weighted by molar-refractivity contribution is 0.406. The molecule has 0 radical (unpaired) electrons. The van der Waals surface area contributed by atoms with Crippen molar-refractivity contribution in [2.24, 2.45) is 10.7 Å². The van der Waals surface area contributed by atoms with Crippen LogP contribution in [0.25, 0.3) is 0 Å². The van der Waals surface area contributed by atoms with Gasteiger partial charge in [-0.05, 0) is 72.2 Å². The highest BCUT2D eigenvalue weighted by Gasteiger charge is 2.46. The number of amidine groups is 1. The number of aromatic nitrogens is 2. The molecule has 6 heteroatoms. The maximum atomic E-state index is 6.37. The predicted octanol–water partition coefficient (Wildman–Crippen LogP) is 4.34. The molecule has 2 aliphatic rings. The van der Waals surface area contributed by atoms with Crippen molar-refractivity contribution in [3.8, 4) is 5.75 Å². The Morgan fingerprint density at radius 2 is 1.90 bits per heavy atom. The summed E-state index contributed by atoms with van der Waals surface area (Å²) in [6.07, 6.45) is 5.67. The number of rotatable bonds is 4. The number of halogens is 1. The summed E-state index contributed by atoms with van der Waals surface area (Å²) < 4.78 is 5.73. The molecule has 1 aromatic heterocycles. The Balaban J connectivity index is 1.85. The molecule has 2 aromatic carbocycles. The second-order valence-electron chi connectivity index (χ2n) is 7.66. The van der Waals surface area contributed by atoms with Crippen molar-refractivity contribution in [1.29, 1.82) is 0 Å². The fraction of sp³-hybridized carbons (Fsp3) is 0.261. The van der Waals surface area contributed by atoms with Crippen molar-refractivity contribution in [3.63, 3.8) is 0 Å². The van der Waals surface area contributed by atoms with Gasteiger partial charge >= 0.3 is 0 Å². The molecule has 29 heavy (non-hydrogen) atoms. The van der Waals surface area contributed by atoms with E-state index in [-0.39, 0.29) is 0 Å². The van der Waals surface area contributed by atoms with E-state index < -0.39 is 5.54 Å². The largest absolute Gasteiger partial charge is 0.496 e. The maximum absolute atomic E-state index is 6.37. The van der Waals surface area contributed by atoms with Gasteiger partial charge in [-0.2, -0.15) is 0 Å². The standard InChI is InChI=1S/C23H21ClN4O/c1-13-10-16(12-18(14-6-7-14)20(13)29-2)23(15-4-3-5-17(24)11-15)21-19(22(25)28-23)26-8-9-27-21/h3-5,8-12,14H,6-7H2,1-2H3,(H2,25,28). The second-order valence-corrected chi connectivity index (χ2v) is 8.10. The molecular weight excluding hydrogens is 384 g/mol. The summed E-state index contributed by atoms with van der Waals surface area (Å²) in [7, 11) is 1.73. The van der Waals surface area contributed by atoms with Gasteiger partial charge in [0.1, 0.15) is 23.0 Å². The molecule has 0 bridgehead atoms. The number of hydrogen-bond donors (Lipinski definition) is 1. The van der Waals surface area contributed by atoms with Crippen molar-refractivity contribution in [2.45, 2.75) is 31.2 Å². The summed E-state index contributed by atoms with van der Waals surface area (Å²) in [6, 6.07) is 12.0. The van der Waals surface area contributed by atoms with Crippen LogP contribution < -0.4 is 10.5 Å². The predicted molar refractivity (Wildman–Crippen MR) is 114 cm³/mol. The first kappa shape index (κ1) is 18.1. The summed E-state index contributed by atoms with van der Waals surface area (Å²) in [4.78, 5) is 14.1. The van der Waals surface area contributed by atoms with Crippen molar-refractivity contribution < 1.29 is 4.74 Å². The van der Waals surface area contributed by atoms with E-state index in [0.717, 1.165) is 28.1 Å². The van der Waals surface area contributed by atoms with Gasteiger partial charge in [-0.3, -0.25) is 4.98 Å². The number of aliphatic imine (C=N–C) groups is 1. The van der Waals surface area contributed by atoms with E-state index in [1.54, 1.807) is 19.5 Å². The number of hydrogen-bond acceptors (Lipinski definition) is 5. The van der Waals surface area contributed by atoms with Crippen molar-refractivity contribution in [3.05, 3.63) is 87.5 Å². The zero-order valence-electron chi connectivity index (χ0n) is 16.3. The first-order valence-electron chi connectivity index (χ1n) is 9.67. The molecule has 1 atom stereocenters. The third kappa shape index (κ3) is 2.72. The number of nitrogens with two attached hydrogens (primary N) is 1. The van der Waals surface area contributed by atoms with Crippen LogP contribution in [0, 0.1) is 6.92 Å². The molecule has 0 saturated heterocycles. The third-order valence-corrected chi connectivity index (χ3v) is 5.99. The topological polar surface area (TPSA) is 73.4 Å². The average Bonchev–Trinajstić information content (AvgIpc) is 3.52. The number of nitrogens with zero attached hydrogens (tertiary/aromatic N) is 3. The van der Waals surface area contributed by atoms with Crippen molar-refractivity contribution in [2.75, 3.05) is 7.11 Å². The Kier molecular flexibility index (Phi) is 4.10. The number of benzene rings is 2. The van der Waals surface area contributed by atoms with Crippen LogP contribution in [0.4, 0.5) is 0 Å². The minimum absolute atomic E-state index is 0.384. The molecule has 1 fully saturated rings. The Morgan fingerprint density at radius 1 is 1.10 bits per heavy atom. The Labute approximate surface area is 174 Å². The molecule has 3 aromatic rings. The molecule has 5 nitrogen and oxygen atoms in total. The summed E-state index contributed by atoms with van der Waals surface area (Å²) in [5.74, 6) is 1.85. The van der Waals surface area contributed by atoms with Crippen LogP contribution in [0.5, 0.6) is 5.75 Å². The van der Waals surface area contributed by atoms with E-state index in [1.165, 1.54) is 18.4 Å². The first-order valence-corrected chi connectivity index (χ1v) is 10.0. The van der Waals surface area contributed by atoms with Gasteiger partial charge in [0, 0.05) is 17.4 Å². The molecule has 2 heterocycles. The second kappa shape index (κ2) is 6.56. The van der Waals surface area contributed by atoms with Gasteiger partial charge in [0.2, 0.25) is 0 Å². The van der Waals surface area contributed by atoms with Crippen molar-refractivity contribution in [1.82, 2.24) is 9.97 Å². The Bertz CT molecular complexity index is 1160. The lowest BCUT2D eigenvalue weighted by Gasteiger charge is -2.29. The fourth-order valence-corrected chi connectivity index (χ4v) is 4.54. The van der Waals surface area contributed by atoms with Crippen LogP contribution in [0.3, 0.4) is 0 Å². The molecule has 2 N–H and O–H groups in total. The van der Waals surface area contributed by atoms with E-state index in [9.17, 15) is 0 Å². The zero-order valence-corrected chi connectivity index (χ0v) is 17.1. The van der Waals surface area contributed by atoms with E-state index in [0.29, 0.717) is 22.5 Å². The van der Waals surface area contributed by atoms with E-state index >= 15 is 0 Å². The van der Waals surface area contributed by atoms with Gasteiger partial charge in [0.25, 0.3) is 0 Å². The molecule has 5 rings (SSSR count). The molecule has 1 unspecified atom stereocenters. The van der Waals surface area contributed by atoms with Crippen LogP contribution in [-0.4, -0.2) is 22.9 Å². The SMILES string of the molecule is COc1c(C)cc(C2(c3cccc(Cl)c3)N=C(N)c3nccnc32)cc1C1CC1. The molecule has 146 valence electrons. The van der Waals surface area contributed by atoms with Gasteiger partial charge in [-0.1, -0.05) is 23.7 Å². The van der Waals surface area contributed by atoms with Crippen LogP contribution in [0.2, 0.25) is 5.02 Å². The van der Waals surface area contributed by atoms with Crippen LogP contribution in [-0.2, 0) is 5.54 Å². The summed E-state index contributed by atoms with van der Waals surface area (Å²) in [5, 5.41) is 0.639. The number of methoxy groups -OCH3 is 1. The van der Waals surface area contributed by atoms with E-state index in [4.69, 9.17) is 27.1 Å². The average molecular weight is 405 g/mol. The smallest absolute Gasteiger partial charge is 0.157 e. The quantitative estimate of drug-likeness (QED) is 0.702. The lowest BCUT2D eigenvalue weighted by Crippen LogP contribution is -2.27. The summed E-state index contributed by atoms with van der Waals surface area (Å²) >= 11 is 6.37. The van der Waals surface area contributed by atoms with E-state index in [1.807, 2.05) is 24.3 Å². The number of fused-ring (bicyclic) bond motifs is 1. The minimum atomic E-state index is -0.890.